The molecule has 0 aliphatic rings. The van der Waals surface area contributed by atoms with Crippen LogP contribution < -0.4 is 21.2 Å². The van der Waals surface area contributed by atoms with Gasteiger partial charge in [-0.25, -0.2) is 0 Å². The molecule has 10 rings (SSSR count). The molecule has 0 aliphatic heterocycles. The number of hydrogen-bond donors (Lipinski definition) is 0. The van der Waals surface area contributed by atoms with E-state index in [1.807, 2.05) is 48.5 Å². The quantitative estimate of drug-likeness (QED) is 0.0491. The van der Waals surface area contributed by atoms with E-state index >= 15 is 0 Å². The fraction of sp³-hybridized carbons (Fsp3) is 0.0667. The average Bonchev–Trinajstić information content (AvgIpc) is 3.35. The van der Waals surface area contributed by atoms with E-state index in [9.17, 15) is 0 Å². The normalized spacial score (nSPS) is 10.5. The number of fused-ring (bicyclic) bond motifs is 4. The molecule has 0 heterocycles. The molecule has 0 nitrogen and oxygen atoms in total. The predicted octanol–water partition coefficient (Wildman–Crippen LogP) is 13.2. The van der Waals surface area contributed by atoms with Crippen LogP contribution in [0.2, 0.25) is 0 Å². The second-order valence-electron chi connectivity index (χ2n) is 15.4. The van der Waals surface area contributed by atoms with Gasteiger partial charge in [0, 0.05) is 0 Å². The zero-order chi connectivity index (χ0) is 42.7. The first-order valence-corrected chi connectivity index (χ1v) is 24.6. The van der Waals surface area contributed by atoms with Crippen molar-refractivity contribution in [3.8, 4) is 11.8 Å². The largest absolute Gasteiger partial charge is 1.00 e. The number of benzene rings is 10. The summed E-state index contributed by atoms with van der Waals surface area (Å²) in [6.45, 7) is 4.27. The van der Waals surface area contributed by atoms with E-state index in [4.69, 9.17) is 12.8 Å². The summed E-state index contributed by atoms with van der Waals surface area (Å²) < 4.78 is 0. The molecule has 0 unspecified atom stereocenters. The van der Waals surface area contributed by atoms with E-state index in [2.05, 4.69) is 196 Å². The fourth-order valence-corrected chi connectivity index (χ4v) is 14.9. The first-order chi connectivity index (χ1) is 30.6. The van der Waals surface area contributed by atoms with Crippen molar-refractivity contribution in [3.05, 3.63) is 253 Å². The Morgan fingerprint density at radius 1 is 0.297 bits per heavy atom. The van der Waals surface area contributed by atoms with Crippen LogP contribution in [0.5, 0.6) is 0 Å². The third-order valence-electron chi connectivity index (χ3n) is 11.8. The van der Waals surface area contributed by atoms with Crippen molar-refractivity contribution in [2.24, 2.45) is 0 Å². The van der Waals surface area contributed by atoms with Crippen LogP contribution in [0.15, 0.2) is 218 Å². The van der Waals surface area contributed by atoms with Gasteiger partial charge in [-0.15, -0.1) is 11.1 Å². The molecular formula is C60H48Ag2P2+2. The Kier molecular flexibility index (Phi) is 17.7. The number of aryl methyl sites for hydroxylation is 2. The van der Waals surface area contributed by atoms with Crippen LogP contribution in [0.25, 0.3) is 43.1 Å². The molecule has 0 fully saturated rings. The van der Waals surface area contributed by atoms with Crippen molar-refractivity contribution >= 4 is 80.2 Å². The molecule has 4 heteroatoms. The summed E-state index contributed by atoms with van der Waals surface area (Å²) in [6, 6.07) is 77.4. The predicted molar refractivity (Wildman–Crippen MR) is 276 cm³/mol. The molecule has 0 spiro atoms. The average molecular weight is 1050 g/mol. The summed E-state index contributed by atoms with van der Waals surface area (Å²) in [6.07, 6.45) is 17.6. The van der Waals surface area contributed by atoms with E-state index < -0.39 is 15.8 Å². The Morgan fingerprint density at radius 3 is 0.688 bits per heavy atom. The van der Waals surface area contributed by atoms with Crippen molar-refractivity contribution in [3.63, 3.8) is 0 Å². The summed E-state index contributed by atoms with van der Waals surface area (Å²) in [5, 5.41) is 15.3. The van der Waals surface area contributed by atoms with Crippen molar-refractivity contribution < 1.29 is 44.8 Å². The maximum Gasteiger partial charge on any atom is 1.00 e. The van der Waals surface area contributed by atoms with Crippen LogP contribution in [0, 0.1) is 38.5 Å². The second kappa shape index (κ2) is 23.6. The van der Waals surface area contributed by atoms with Crippen LogP contribution in [-0.4, -0.2) is 12.3 Å². The zero-order valence-electron chi connectivity index (χ0n) is 35.8. The molecule has 0 amide bonds. The van der Waals surface area contributed by atoms with E-state index in [0.29, 0.717) is 0 Å². The van der Waals surface area contributed by atoms with E-state index in [0.717, 1.165) is 32.7 Å². The van der Waals surface area contributed by atoms with Gasteiger partial charge in [0.05, 0.1) is 37.1 Å². The van der Waals surface area contributed by atoms with Crippen LogP contribution in [0.3, 0.4) is 0 Å². The monoisotopic (exact) mass is 1040 g/mol. The van der Waals surface area contributed by atoms with Gasteiger partial charge in [-0.3, -0.25) is 11.8 Å². The number of hydrogen-bond acceptors (Lipinski definition) is 0. The molecule has 0 N–H and O–H groups in total. The summed E-state index contributed by atoms with van der Waals surface area (Å²) in [7, 11) is -1.57. The van der Waals surface area contributed by atoms with Gasteiger partial charge in [-0.1, -0.05) is 191 Å². The minimum Gasteiger partial charge on any atom is -0.366 e. The Bertz CT molecular complexity index is 2760. The molecule has 64 heavy (non-hydrogen) atoms. The molecule has 0 atom stereocenters. The van der Waals surface area contributed by atoms with Gasteiger partial charge in [-0.2, -0.15) is 0 Å². The first kappa shape index (κ1) is 48.2. The van der Waals surface area contributed by atoms with Gasteiger partial charge < -0.3 is 12.8 Å². The van der Waals surface area contributed by atoms with Crippen LogP contribution in [0.4, 0.5) is 0 Å². The Morgan fingerprint density at radius 2 is 0.484 bits per heavy atom. The van der Waals surface area contributed by atoms with Gasteiger partial charge in [-0.05, 0) is 95.1 Å². The Hall–Kier alpha value is -5.30. The van der Waals surface area contributed by atoms with Gasteiger partial charge in [0.2, 0.25) is 0 Å². The van der Waals surface area contributed by atoms with Gasteiger partial charge in [0.15, 0.2) is 0 Å². The van der Waals surface area contributed by atoms with Crippen LogP contribution in [-0.2, 0) is 44.8 Å². The molecule has 10 aromatic carbocycles. The third-order valence-corrected chi connectivity index (χ3v) is 17.9. The van der Waals surface area contributed by atoms with Gasteiger partial charge >= 0.3 is 44.8 Å². The maximum absolute atomic E-state index is 7.53. The summed E-state index contributed by atoms with van der Waals surface area (Å²) in [5.74, 6) is 5.18. The maximum atomic E-state index is 7.53. The number of rotatable bonds is 7. The summed E-state index contributed by atoms with van der Waals surface area (Å²) >= 11 is 0. The van der Waals surface area contributed by atoms with Gasteiger partial charge in [0.25, 0.3) is 0 Å². The zero-order valence-corrected chi connectivity index (χ0v) is 40.8. The van der Waals surface area contributed by atoms with E-state index in [-0.39, 0.29) is 44.8 Å². The third kappa shape index (κ3) is 10.8. The molecule has 318 valence electrons. The van der Waals surface area contributed by atoms with Crippen molar-refractivity contribution in [1.29, 1.82) is 0 Å². The van der Waals surface area contributed by atoms with Crippen LogP contribution >= 0.6 is 15.8 Å². The second-order valence-corrected chi connectivity index (χ2v) is 20.6. The molecule has 0 aliphatic carbocycles. The molecule has 10 aromatic rings. The van der Waals surface area contributed by atoms with Crippen molar-refractivity contribution in [2.75, 3.05) is 12.3 Å². The Balaban J connectivity index is 0.000000165. The molecule has 0 saturated heterocycles. The molecule has 0 saturated carbocycles. The van der Waals surface area contributed by atoms with Crippen molar-refractivity contribution in [1.82, 2.24) is 0 Å². The topological polar surface area (TPSA) is 0 Å². The molecule has 0 aromatic heterocycles. The van der Waals surface area contributed by atoms with Gasteiger partial charge in [0.1, 0.15) is 12.3 Å². The Labute approximate surface area is 413 Å². The summed E-state index contributed by atoms with van der Waals surface area (Å²) in [5.41, 5.74) is 4.33. The summed E-state index contributed by atoms with van der Waals surface area (Å²) in [4.78, 5) is 0. The smallest absolute Gasteiger partial charge is 0.366 e. The fourth-order valence-electron chi connectivity index (χ4n) is 8.68. The van der Waals surface area contributed by atoms with E-state index in [1.54, 1.807) is 0 Å². The minimum atomic E-state index is -0.783. The standard InChI is InChI=1S/C26H24P2.2C17H11.2Ag/c1-5-13-23(14-6-1)27(24-15-7-2-8-16-24)21-22-28(25-17-9-3-10-18-25)26-19-11-4-12-20-26;2*1-3-13-16-10-6-4-8-14(16)12(2)15-9-5-7-11-17(13)15;;/h1-20H,21-22H2;2*4-11H,2H3;;/q;2*-1;2*+1/p+2. The van der Waals surface area contributed by atoms with E-state index in [1.165, 1.54) is 66.2 Å². The molecule has 0 radical (unpaired) electrons. The minimum absolute atomic E-state index is 0. The molecular weight excluding hydrogens is 998 g/mol. The van der Waals surface area contributed by atoms with Crippen LogP contribution in [0.1, 0.15) is 22.3 Å². The SMILES string of the molecule is [Ag+].[Ag+].[C-]#Cc1c2ccccc2c(C)c2ccccc12.[C-]#Cc1c2ccccc2c(C)c2ccccc12.c1ccc([PH+](CC[PH+](c2ccccc2)c2ccccc2)c2ccccc2)cc1. The van der Waals surface area contributed by atoms with Crippen molar-refractivity contribution in [2.45, 2.75) is 13.8 Å². The first-order valence-electron chi connectivity index (χ1n) is 21.2. The molecule has 0 bridgehead atoms.